The Morgan fingerprint density at radius 1 is 1.30 bits per heavy atom. The van der Waals surface area contributed by atoms with E-state index in [4.69, 9.17) is 9.47 Å². The Bertz CT molecular complexity index is 562. The molecule has 0 radical (unpaired) electrons. The second-order valence-electron chi connectivity index (χ2n) is 4.45. The summed E-state index contributed by atoms with van der Waals surface area (Å²) in [4.78, 5) is 0. The van der Waals surface area contributed by atoms with Crippen molar-refractivity contribution in [2.24, 2.45) is 0 Å². The summed E-state index contributed by atoms with van der Waals surface area (Å²) >= 11 is 0. The summed E-state index contributed by atoms with van der Waals surface area (Å²) in [6, 6.07) is 4.94. The van der Waals surface area contributed by atoms with Crippen molar-refractivity contribution < 1.29 is 17.9 Å². The molecule has 2 rings (SSSR count). The minimum Gasteiger partial charge on any atom is -0.454 e. The van der Waals surface area contributed by atoms with E-state index in [1.165, 1.54) is 4.31 Å². The molecule has 0 bridgehead atoms. The number of fused-ring (bicyclic) bond motifs is 1. The standard InChI is InChI=1S/C12H19N3O4S/c1-13-6-3-7-15(2)20(16,17)14-10-4-5-11-12(8-10)19-9-18-11/h4-5,8,13-14H,3,6-7,9H2,1-2H3. The van der Waals surface area contributed by atoms with Gasteiger partial charge in [-0.3, -0.25) is 4.72 Å². The smallest absolute Gasteiger partial charge is 0.301 e. The van der Waals surface area contributed by atoms with E-state index in [0.717, 1.165) is 13.0 Å². The summed E-state index contributed by atoms with van der Waals surface area (Å²) in [7, 11) is -0.173. The predicted octanol–water partition coefficient (Wildman–Crippen LogP) is 0.613. The summed E-state index contributed by atoms with van der Waals surface area (Å²) in [5.74, 6) is 1.17. The van der Waals surface area contributed by atoms with E-state index in [1.54, 1.807) is 25.2 Å². The van der Waals surface area contributed by atoms with Gasteiger partial charge < -0.3 is 14.8 Å². The highest BCUT2D eigenvalue weighted by atomic mass is 32.2. The summed E-state index contributed by atoms with van der Waals surface area (Å²) in [6.45, 7) is 1.38. The SMILES string of the molecule is CNCCCN(C)S(=O)(=O)Nc1ccc2c(c1)OCO2. The average molecular weight is 301 g/mol. The van der Waals surface area contributed by atoms with Crippen LogP contribution in [0.1, 0.15) is 6.42 Å². The summed E-state index contributed by atoms with van der Waals surface area (Å²) in [5.41, 5.74) is 0.453. The summed E-state index contributed by atoms with van der Waals surface area (Å²) in [5, 5.41) is 2.98. The van der Waals surface area contributed by atoms with Crippen LogP contribution in [0.5, 0.6) is 11.5 Å². The highest BCUT2D eigenvalue weighted by Crippen LogP contribution is 2.34. The number of hydrogen-bond donors (Lipinski definition) is 2. The van der Waals surface area contributed by atoms with Crippen LogP contribution in [-0.4, -0.2) is 46.7 Å². The fourth-order valence-corrected chi connectivity index (χ4v) is 2.74. The lowest BCUT2D eigenvalue weighted by Gasteiger charge is -2.18. The van der Waals surface area contributed by atoms with Crippen LogP contribution < -0.4 is 19.5 Å². The molecule has 7 nitrogen and oxygen atoms in total. The molecule has 0 saturated heterocycles. The Kier molecular flexibility index (Phi) is 4.69. The summed E-state index contributed by atoms with van der Waals surface area (Å²) in [6.07, 6.45) is 0.745. The fraction of sp³-hybridized carbons (Fsp3) is 0.500. The highest BCUT2D eigenvalue weighted by molar-refractivity contribution is 7.90. The van der Waals surface area contributed by atoms with Crippen molar-refractivity contribution in [1.29, 1.82) is 0 Å². The zero-order chi connectivity index (χ0) is 14.6. The maximum atomic E-state index is 12.1. The number of anilines is 1. The largest absolute Gasteiger partial charge is 0.454 e. The average Bonchev–Trinajstić information content (AvgIpc) is 2.85. The monoisotopic (exact) mass is 301 g/mol. The van der Waals surface area contributed by atoms with Gasteiger partial charge in [0, 0.05) is 19.7 Å². The van der Waals surface area contributed by atoms with E-state index >= 15 is 0 Å². The van der Waals surface area contributed by atoms with Gasteiger partial charge in [0.1, 0.15) is 0 Å². The van der Waals surface area contributed by atoms with Crippen molar-refractivity contribution >= 4 is 15.9 Å². The van der Waals surface area contributed by atoms with E-state index in [2.05, 4.69) is 10.0 Å². The Balaban J connectivity index is 2.00. The molecule has 1 aliphatic heterocycles. The molecule has 1 heterocycles. The Morgan fingerprint density at radius 3 is 2.80 bits per heavy atom. The van der Waals surface area contributed by atoms with E-state index in [0.29, 0.717) is 23.7 Å². The summed E-state index contributed by atoms with van der Waals surface area (Å²) < 4.78 is 38.4. The van der Waals surface area contributed by atoms with Crippen LogP contribution in [0.3, 0.4) is 0 Å². The number of nitrogens with zero attached hydrogens (tertiary/aromatic N) is 1. The molecule has 8 heteroatoms. The number of ether oxygens (including phenoxy) is 2. The van der Waals surface area contributed by atoms with Crippen LogP contribution in [0, 0.1) is 0 Å². The van der Waals surface area contributed by atoms with Crippen LogP contribution in [0.2, 0.25) is 0 Å². The minimum atomic E-state index is -3.55. The topological polar surface area (TPSA) is 79.9 Å². The van der Waals surface area contributed by atoms with Gasteiger partial charge >= 0.3 is 10.2 Å². The molecule has 0 aromatic heterocycles. The van der Waals surface area contributed by atoms with E-state index in [1.807, 2.05) is 7.05 Å². The van der Waals surface area contributed by atoms with Crippen LogP contribution in [0.15, 0.2) is 18.2 Å². The van der Waals surface area contributed by atoms with Crippen molar-refractivity contribution in [1.82, 2.24) is 9.62 Å². The molecule has 20 heavy (non-hydrogen) atoms. The van der Waals surface area contributed by atoms with Gasteiger partial charge in [0.05, 0.1) is 5.69 Å². The molecule has 1 aliphatic rings. The fourth-order valence-electron chi connectivity index (χ4n) is 1.79. The number of nitrogens with one attached hydrogen (secondary N) is 2. The molecule has 0 atom stereocenters. The zero-order valence-electron chi connectivity index (χ0n) is 11.5. The van der Waals surface area contributed by atoms with Crippen LogP contribution in [-0.2, 0) is 10.2 Å². The molecule has 0 amide bonds. The van der Waals surface area contributed by atoms with E-state index in [9.17, 15) is 8.42 Å². The Hall–Kier alpha value is -1.51. The molecular formula is C12H19N3O4S. The normalized spacial score (nSPS) is 13.8. The van der Waals surface area contributed by atoms with Gasteiger partial charge in [-0.25, -0.2) is 0 Å². The molecule has 0 fully saturated rings. The second kappa shape index (κ2) is 6.29. The van der Waals surface area contributed by atoms with Crippen molar-refractivity contribution in [3.63, 3.8) is 0 Å². The third kappa shape index (κ3) is 3.53. The van der Waals surface area contributed by atoms with Crippen LogP contribution in [0.4, 0.5) is 5.69 Å². The first-order valence-electron chi connectivity index (χ1n) is 6.31. The lowest BCUT2D eigenvalue weighted by atomic mass is 10.3. The molecule has 1 aromatic carbocycles. The molecule has 1 aromatic rings. The van der Waals surface area contributed by atoms with Gasteiger partial charge in [-0.1, -0.05) is 0 Å². The molecule has 0 spiro atoms. The first-order valence-corrected chi connectivity index (χ1v) is 7.75. The minimum absolute atomic E-state index is 0.162. The lowest BCUT2D eigenvalue weighted by Crippen LogP contribution is -2.34. The van der Waals surface area contributed by atoms with Crippen molar-refractivity contribution in [2.75, 3.05) is 38.7 Å². The molecule has 2 N–H and O–H groups in total. The molecule has 0 unspecified atom stereocenters. The first kappa shape index (κ1) is 14.9. The van der Waals surface area contributed by atoms with Crippen molar-refractivity contribution in [3.8, 4) is 11.5 Å². The Labute approximate surface area is 119 Å². The predicted molar refractivity (Wildman–Crippen MR) is 76.3 cm³/mol. The molecular weight excluding hydrogens is 282 g/mol. The van der Waals surface area contributed by atoms with Gasteiger partial charge in [0.15, 0.2) is 11.5 Å². The van der Waals surface area contributed by atoms with Crippen molar-refractivity contribution in [2.45, 2.75) is 6.42 Å². The second-order valence-corrected chi connectivity index (χ2v) is 6.23. The van der Waals surface area contributed by atoms with Gasteiger partial charge in [0.25, 0.3) is 0 Å². The van der Waals surface area contributed by atoms with Crippen LogP contribution >= 0.6 is 0 Å². The number of benzene rings is 1. The van der Waals surface area contributed by atoms with Crippen LogP contribution in [0.25, 0.3) is 0 Å². The molecule has 0 saturated carbocycles. The molecule has 0 aliphatic carbocycles. The third-order valence-electron chi connectivity index (χ3n) is 2.93. The third-order valence-corrected chi connectivity index (χ3v) is 4.43. The lowest BCUT2D eigenvalue weighted by molar-refractivity contribution is 0.174. The van der Waals surface area contributed by atoms with E-state index < -0.39 is 10.2 Å². The molecule has 112 valence electrons. The highest BCUT2D eigenvalue weighted by Gasteiger charge is 2.19. The maximum Gasteiger partial charge on any atom is 0.301 e. The van der Waals surface area contributed by atoms with Gasteiger partial charge in [0.2, 0.25) is 6.79 Å². The zero-order valence-corrected chi connectivity index (χ0v) is 12.4. The van der Waals surface area contributed by atoms with E-state index in [-0.39, 0.29) is 6.79 Å². The number of rotatable bonds is 7. The van der Waals surface area contributed by atoms with Gasteiger partial charge in [-0.05, 0) is 32.1 Å². The maximum absolute atomic E-state index is 12.1. The quantitative estimate of drug-likeness (QED) is 0.722. The first-order chi connectivity index (χ1) is 9.53. The van der Waals surface area contributed by atoms with Crippen molar-refractivity contribution in [3.05, 3.63) is 18.2 Å². The number of hydrogen-bond acceptors (Lipinski definition) is 5. The van der Waals surface area contributed by atoms with Gasteiger partial charge in [-0.2, -0.15) is 12.7 Å². The van der Waals surface area contributed by atoms with Gasteiger partial charge in [-0.15, -0.1) is 0 Å². The Morgan fingerprint density at radius 2 is 2.05 bits per heavy atom.